The first-order chi connectivity index (χ1) is 17.1. The van der Waals surface area contributed by atoms with Gasteiger partial charge in [-0.15, -0.1) is 0 Å². The van der Waals surface area contributed by atoms with Crippen LogP contribution in [0.3, 0.4) is 0 Å². The van der Waals surface area contributed by atoms with Gasteiger partial charge in [0.15, 0.2) is 0 Å². The SMILES string of the molecule is COC(=O)c1cc(-n2c(C)ccc2-c2cc(Br)ccc2OCc2ccc(F)cc2)cc(C(F)(F)F)c1. The van der Waals surface area contributed by atoms with Crippen molar-refractivity contribution in [3.63, 3.8) is 0 Å². The number of hydrogen-bond acceptors (Lipinski definition) is 3. The monoisotopic (exact) mass is 561 g/mol. The zero-order valence-electron chi connectivity index (χ0n) is 19.2. The number of methoxy groups -OCH3 is 1. The van der Waals surface area contributed by atoms with Crippen LogP contribution in [0.5, 0.6) is 5.75 Å². The standard InChI is InChI=1S/C27H20BrF4NO3/c1-16-3-9-24(33(16)22-12-18(26(34)35-2)11-19(13-22)27(30,31)32)23-14-20(28)6-10-25(23)36-15-17-4-7-21(29)8-5-17/h3-14H,15H2,1-2H3. The second kappa shape index (κ2) is 10.2. The molecule has 0 saturated heterocycles. The minimum absolute atomic E-state index is 0.146. The first kappa shape index (κ1) is 25.5. The molecule has 0 bridgehead atoms. The number of rotatable bonds is 6. The number of hydrogen-bond donors (Lipinski definition) is 0. The molecule has 36 heavy (non-hydrogen) atoms. The third-order valence-electron chi connectivity index (χ3n) is 5.53. The summed E-state index contributed by atoms with van der Waals surface area (Å²) in [5.74, 6) is -0.759. The molecule has 0 radical (unpaired) electrons. The molecule has 0 aliphatic heterocycles. The fourth-order valence-electron chi connectivity index (χ4n) is 3.80. The lowest BCUT2D eigenvalue weighted by Gasteiger charge is -2.18. The number of alkyl halides is 3. The minimum atomic E-state index is -4.67. The second-order valence-corrected chi connectivity index (χ2v) is 8.92. The van der Waals surface area contributed by atoms with Crippen LogP contribution in [0, 0.1) is 12.7 Å². The Bertz CT molecular complexity index is 1410. The number of aromatic nitrogens is 1. The van der Waals surface area contributed by atoms with Crippen LogP contribution in [-0.2, 0) is 17.5 Å². The van der Waals surface area contributed by atoms with Crippen molar-refractivity contribution < 1.29 is 31.8 Å². The van der Waals surface area contributed by atoms with Gasteiger partial charge in [0.25, 0.3) is 0 Å². The highest BCUT2D eigenvalue weighted by Crippen LogP contribution is 2.38. The van der Waals surface area contributed by atoms with Crippen LogP contribution in [0.1, 0.15) is 27.2 Å². The molecule has 186 valence electrons. The van der Waals surface area contributed by atoms with Crippen LogP contribution >= 0.6 is 15.9 Å². The Morgan fingerprint density at radius 2 is 1.69 bits per heavy atom. The summed E-state index contributed by atoms with van der Waals surface area (Å²) in [4.78, 5) is 12.1. The Kier molecular flexibility index (Phi) is 7.21. The highest BCUT2D eigenvalue weighted by molar-refractivity contribution is 9.10. The van der Waals surface area contributed by atoms with E-state index in [4.69, 9.17) is 4.74 Å². The van der Waals surface area contributed by atoms with E-state index >= 15 is 0 Å². The summed E-state index contributed by atoms with van der Waals surface area (Å²) in [7, 11) is 1.11. The molecule has 9 heteroatoms. The molecule has 0 unspecified atom stereocenters. The molecule has 1 aromatic heterocycles. The Morgan fingerprint density at radius 3 is 2.36 bits per heavy atom. The third-order valence-corrected chi connectivity index (χ3v) is 6.02. The predicted molar refractivity (Wildman–Crippen MR) is 131 cm³/mol. The fraction of sp³-hybridized carbons (Fsp3) is 0.148. The maximum absolute atomic E-state index is 13.7. The Balaban J connectivity index is 1.82. The number of nitrogens with zero attached hydrogens (tertiary/aromatic N) is 1. The number of benzene rings is 3. The molecule has 4 aromatic rings. The normalized spacial score (nSPS) is 11.4. The summed E-state index contributed by atoms with van der Waals surface area (Å²) in [6, 6.07) is 17.8. The van der Waals surface area contributed by atoms with E-state index in [0.29, 0.717) is 22.7 Å². The number of carbonyl (C=O) groups excluding carboxylic acids is 1. The van der Waals surface area contributed by atoms with Gasteiger partial charge >= 0.3 is 12.1 Å². The van der Waals surface area contributed by atoms with Crippen molar-refractivity contribution in [3.8, 4) is 22.7 Å². The molecule has 0 aliphatic rings. The molecule has 0 N–H and O–H groups in total. The summed E-state index contributed by atoms with van der Waals surface area (Å²) < 4.78 is 67.3. The van der Waals surface area contributed by atoms with Crippen molar-refractivity contribution in [2.45, 2.75) is 19.7 Å². The summed E-state index contributed by atoms with van der Waals surface area (Å²) in [5.41, 5.74) is 1.51. The van der Waals surface area contributed by atoms with Gasteiger partial charge in [-0.05, 0) is 73.2 Å². The van der Waals surface area contributed by atoms with Crippen molar-refractivity contribution in [3.05, 3.63) is 105 Å². The zero-order chi connectivity index (χ0) is 26.0. The van der Waals surface area contributed by atoms with Gasteiger partial charge in [-0.1, -0.05) is 28.1 Å². The first-order valence-electron chi connectivity index (χ1n) is 10.7. The van der Waals surface area contributed by atoms with E-state index < -0.39 is 17.7 Å². The van der Waals surface area contributed by atoms with Gasteiger partial charge < -0.3 is 14.0 Å². The highest BCUT2D eigenvalue weighted by Gasteiger charge is 2.32. The predicted octanol–water partition coefficient (Wildman–Crippen LogP) is 7.74. The van der Waals surface area contributed by atoms with Crippen LogP contribution in [-0.4, -0.2) is 17.6 Å². The fourth-order valence-corrected chi connectivity index (χ4v) is 4.16. The molecule has 1 heterocycles. The van der Waals surface area contributed by atoms with Crippen LogP contribution in [0.4, 0.5) is 17.6 Å². The van der Waals surface area contributed by atoms with Gasteiger partial charge in [-0.25, -0.2) is 9.18 Å². The van der Waals surface area contributed by atoms with Crippen molar-refractivity contribution in [2.75, 3.05) is 7.11 Å². The summed E-state index contributed by atoms with van der Waals surface area (Å²) in [6.45, 7) is 1.91. The lowest BCUT2D eigenvalue weighted by molar-refractivity contribution is -0.137. The maximum Gasteiger partial charge on any atom is 0.416 e. The second-order valence-electron chi connectivity index (χ2n) is 8.01. The molecule has 4 nitrogen and oxygen atoms in total. The largest absolute Gasteiger partial charge is 0.488 e. The average Bonchev–Trinajstić information content (AvgIpc) is 3.24. The van der Waals surface area contributed by atoms with Crippen molar-refractivity contribution in [1.29, 1.82) is 0 Å². The van der Waals surface area contributed by atoms with Crippen LogP contribution < -0.4 is 4.74 Å². The number of halogens is 5. The highest BCUT2D eigenvalue weighted by atomic mass is 79.9. The van der Waals surface area contributed by atoms with E-state index in [0.717, 1.165) is 29.3 Å². The molecule has 0 saturated carbocycles. The van der Waals surface area contributed by atoms with Crippen LogP contribution in [0.15, 0.2) is 77.3 Å². The topological polar surface area (TPSA) is 40.5 Å². The van der Waals surface area contributed by atoms with E-state index in [9.17, 15) is 22.4 Å². The van der Waals surface area contributed by atoms with Crippen molar-refractivity contribution in [2.24, 2.45) is 0 Å². The molecule has 0 aliphatic carbocycles. The molecular weight excluding hydrogens is 542 g/mol. The van der Waals surface area contributed by atoms with Crippen molar-refractivity contribution >= 4 is 21.9 Å². The number of ether oxygens (including phenoxy) is 2. The summed E-state index contributed by atoms with van der Waals surface area (Å²) in [5, 5.41) is 0. The average molecular weight is 562 g/mol. The van der Waals surface area contributed by atoms with E-state index in [1.807, 2.05) is 0 Å². The maximum atomic E-state index is 13.7. The van der Waals surface area contributed by atoms with E-state index in [-0.39, 0.29) is 23.7 Å². The molecular formula is C27H20BrF4NO3. The van der Waals surface area contributed by atoms with E-state index in [1.54, 1.807) is 54.0 Å². The summed E-state index contributed by atoms with van der Waals surface area (Å²) >= 11 is 3.45. The Hall–Kier alpha value is -3.59. The Labute approximate surface area is 213 Å². The smallest absolute Gasteiger partial charge is 0.416 e. The van der Waals surface area contributed by atoms with E-state index in [2.05, 4.69) is 20.7 Å². The molecule has 0 spiro atoms. The molecule has 3 aromatic carbocycles. The zero-order valence-corrected chi connectivity index (χ0v) is 20.8. The summed E-state index contributed by atoms with van der Waals surface area (Å²) in [6.07, 6.45) is -4.67. The number of carbonyl (C=O) groups is 1. The van der Waals surface area contributed by atoms with Crippen LogP contribution in [0.2, 0.25) is 0 Å². The lowest BCUT2D eigenvalue weighted by Crippen LogP contribution is -2.11. The van der Waals surface area contributed by atoms with Gasteiger partial charge in [-0.2, -0.15) is 13.2 Å². The van der Waals surface area contributed by atoms with Gasteiger partial charge in [0.05, 0.1) is 23.9 Å². The van der Waals surface area contributed by atoms with Crippen molar-refractivity contribution in [1.82, 2.24) is 4.57 Å². The lowest BCUT2D eigenvalue weighted by atomic mass is 10.1. The van der Waals surface area contributed by atoms with Gasteiger partial charge in [0.2, 0.25) is 0 Å². The first-order valence-corrected chi connectivity index (χ1v) is 11.5. The Morgan fingerprint density at radius 1 is 0.972 bits per heavy atom. The van der Waals surface area contributed by atoms with Gasteiger partial charge in [-0.3, -0.25) is 0 Å². The number of aryl methyl sites for hydroxylation is 1. The van der Waals surface area contributed by atoms with Gasteiger partial charge in [0.1, 0.15) is 18.2 Å². The van der Waals surface area contributed by atoms with E-state index in [1.165, 1.54) is 18.2 Å². The quantitative estimate of drug-likeness (QED) is 0.178. The number of esters is 1. The minimum Gasteiger partial charge on any atom is -0.488 e. The van der Waals surface area contributed by atoms with Gasteiger partial charge in [0, 0.05) is 21.4 Å². The molecule has 0 fully saturated rings. The third kappa shape index (κ3) is 5.46. The van der Waals surface area contributed by atoms with Crippen LogP contribution in [0.25, 0.3) is 16.9 Å². The molecule has 0 atom stereocenters. The molecule has 0 amide bonds. The molecule has 4 rings (SSSR count).